The van der Waals surface area contributed by atoms with Gasteiger partial charge in [-0.1, -0.05) is 0 Å². The number of carbonyl (C=O) groups excluding carboxylic acids is 1. The van der Waals surface area contributed by atoms with Crippen molar-refractivity contribution < 1.29 is 4.79 Å². The summed E-state index contributed by atoms with van der Waals surface area (Å²) >= 11 is 3.73. The predicted octanol–water partition coefficient (Wildman–Crippen LogP) is -0.167. The fraction of sp³-hybridized carbons (Fsp3) is 0.750. The van der Waals surface area contributed by atoms with Crippen molar-refractivity contribution in [2.24, 2.45) is 5.73 Å². The highest BCUT2D eigenvalue weighted by Crippen LogP contribution is 1.81. The zero-order chi connectivity index (χ0) is 5.86. The van der Waals surface area contributed by atoms with Gasteiger partial charge in [0.1, 0.15) is 0 Å². The molecule has 0 heterocycles. The summed E-state index contributed by atoms with van der Waals surface area (Å²) in [5.41, 5.74) is 5.15. The van der Waals surface area contributed by atoms with E-state index in [1.807, 2.05) is 0 Å². The van der Waals surface area contributed by atoms with E-state index >= 15 is 0 Å². The standard InChI is InChI=1S/C4H9NOS/c1-3(5)4(6)2-7/h3,7H,2,5H2,1H3. The van der Waals surface area contributed by atoms with Crippen LogP contribution in [0.15, 0.2) is 0 Å². The van der Waals surface area contributed by atoms with E-state index in [0.29, 0.717) is 0 Å². The Bertz CT molecular complexity index is 72.1. The lowest BCUT2D eigenvalue weighted by molar-refractivity contribution is -0.117. The van der Waals surface area contributed by atoms with E-state index in [1.54, 1.807) is 6.92 Å². The molecule has 0 radical (unpaired) electrons. The average molecular weight is 119 g/mol. The fourth-order valence-corrected chi connectivity index (χ4v) is 0.432. The quantitative estimate of drug-likeness (QED) is 0.496. The first-order chi connectivity index (χ1) is 3.18. The molecule has 1 unspecified atom stereocenters. The van der Waals surface area contributed by atoms with Crippen LogP contribution in [0.2, 0.25) is 0 Å². The van der Waals surface area contributed by atoms with E-state index < -0.39 is 0 Å². The molecule has 7 heavy (non-hydrogen) atoms. The molecule has 0 bridgehead atoms. The summed E-state index contributed by atoms with van der Waals surface area (Å²) in [6.45, 7) is 1.65. The minimum Gasteiger partial charge on any atom is -0.322 e. The maximum absolute atomic E-state index is 10.3. The van der Waals surface area contributed by atoms with Gasteiger partial charge >= 0.3 is 0 Å². The van der Waals surface area contributed by atoms with Gasteiger partial charge < -0.3 is 5.73 Å². The van der Waals surface area contributed by atoms with Crippen LogP contribution in [0.3, 0.4) is 0 Å². The fourth-order valence-electron chi connectivity index (χ4n) is 0.144. The van der Waals surface area contributed by atoms with Crippen molar-refractivity contribution in [2.45, 2.75) is 13.0 Å². The first-order valence-electron chi connectivity index (χ1n) is 2.07. The molecule has 0 aliphatic carbocycles. The number of thiol groups is 1. The third-order valence-corrected chi connectivity index (χ3v) is 0.975. The second-order valence-electron chi connectivity index (χ2n) is 1.41. The maximum Gasteiger partial charge on any atom is 0.158 e. The van der Waals surface area contributed by atoms with Crippen molar-refractivity contribution in [1.82, 2.24) is 0 Å². The molecule has 0 aliphatic heterocycles. The Morgan fingerprint density at radius 1 is 2.00 bits per heavy atom. The molecule has 0 aliphatic rings. The summed E-state index contributed by atoms with van der Waals surface area (Å²) in [7, 11) is 0. The Labute approximate surface area is 48.5 Å². The molecule has 0 rings (SSSR count). The van der Waals surface area contributed by atoms with Crippen LogP contribution in [-0.2, 0) is 4.79 Å². The highest BCUT2D eigenvalue weighted by atomic mass is 32.1. The summed E-state index contributed by atoms with van der Waals surface area (Å²) in [6.07, 6.45) is 0. The smallest absolute Gasteiger partial charge is 0.158 e. The Morgan fingerprint density at radius 2 is 2.43 bits per heavy atom. The van der Waals surface area contributed by atoms with Gasteiger partial charge in [-0.25, -0.2) is 0 Å². The molecule has 1 atom stereocenters. The van der Waals surface area contributed by atoms with Gasteiger partial charge in [-0.2, -0.15) is 12.6 Å². The van der Waals surface area contributed by atoms with Crippen molar-refractivity contribution in [2.75, 3.05) is 5.75 Å². The van der Waals surface area contributed by atoms with Crippen LogP contribution in [-0.4, -0.2) is 17.6 Å². The van der Waals surface area contributed by atoms with E-state index in [-0.39, 0.29) is 17.6 Å². The number of Topliss-reactive ketones (excluding diaryl/α,β-unsaturated/α-hetero) is 1. The SMILES string of the molecule is CC(N)C(=O)CS. The summed E-state index contributed by atoms with van der Waals surface area (Å²) < 4.78 is 0. The van der Waals surface area contributed by atoms with Gasteiger partial charge in [-0.05, 0) is 6.92 Å². The normalized spacial score (nSPS) is 13.6. The summed E-state index contributed by atoms with van der Waals surface area (Å²) in [5, 5.41) is 0. The van der Waals surface area contributed by atoms with Crippen molar-refractivity contribution in [3.05, 3.63) is 0 Å². The van der Waals surface area contributed by atoms with Crippen molar-refractivity contribution in [3.8, 4) is 0 Å². The topological polar surface area (TPSA) is 43.1 Å². The zero-order valence-corrected chi connectivity index (χ0v) is 5.11. The molecule has 3 heteroatoms. The number of hydrogen-bond donors (Lipinski definition) is 2. The van der Waals surface area contributed by atoms with E-state index in [9.17, 15) is 4.79 Å². The summed E-state index contributed by atoms with van der Waals surface area (Å²) in [5.74, 6) is 0.237. The molecule has 0 fully saturated rings. The van der Waals surface area contributed by atoms with Crippen LogP contribution in [0.25, 0.3) is 0 Å². The number of nitrogens with two attached hydrogens (primary N) is 1. The number of hydrogen-bond acceptors (Lipinski definition) is 3. The molecule has 2 nitrogen and oxygen atoms in total. The van der Waals surface area contributed by atoms with Gasteiger partial charge in [0, 0.05) is 0 Å². The second-order valence-corrected chi connectivity index (χ2v) is 1.73. The minimum atomic E-state index is -0.350. The summed E-state index contributed by atoms with van der Waals surface area (Å²) in [6, 6.07) is -0.350. The highest BCUT2D eigenvalue weighted by molar-refractivity contribution is 7.81. The zero-order valence-electron chi connectivity index (χ0n) is 4.22. The van der Waals surface area contributed by atoms with Crippen LogP contribution < -0.4 is 5.73 Å². The second kappa shape index (κ2) is 3.04. The lowest BCUT2D eigenvalue weighted by Crippen LogP contribution is -2.27. The van der Waals surface area contributed by atoms with Gasteiger partial charge in [-0.3, -0.25) is 4.79 Å². The third-order valence-electron chi connectivity index (χ3n) is 0.664. The highest BCUT2D eigenvalue weighted by Gasteiger charge is 2.01. The van der Waals surface area contributed by atoms with Crippen LogP contribution in [0, 0.1) is 0 Å². The van der Waals surface area contributed by atoms with Gasteiger partial charge in [0.05, 0.1) is 11.8 Å². The van der Waals surface area contributed by atoms with Crippen LogP contribution in [0.1, 0.15) is 6.92 Å². The molecule has 42 valence electrons. The first-order valence-corrected chi connectivity index (χ1v) is 2.71. The van der Waals surface area contributed by atoms with Crippen LogP contribution >= 0.6 is 12.6 Å². The Kier molecular flexibility index (Phi) is 3.04. The van der Waals surface area contributed by atoms with Crippen molar-refractivity contribution in [3.63, 3.8) is 0 Å². The minimum absolute atomic E-state index is 0.0108. The molecular formula is C4H9NOS. The van der Waals surface area contributed by atoms with Crippen LogP contribution in [0.5, 0.6) is 0 Å². The Morgan fingerprint density at radius 3 is 2.43 bits per heavy atom. The van der Waals surface area contributed by atoms with Gasteiger partial charge in [-0.15, -0.1) is 0 Å². The van der Waals surface area contributed by atoms with Gasteiger partial charge in [0.2, 0.25) is 0 Å². The van der Waals surface area contributed by atoms with Gasteiger partial charge in [0.15, 0.2) is 5.78 Å². The maximum atomic E-state index is 10.3. The van der Waals surface area contributed by atoms with Crippen LogP contribution in [0.4, 0.5) is 0 Å². The molecule has 0 amide bonds. The number of rotatable bonds is 2. The largest absolute Gasteiger partial charge is 0.322 e. The predicted molar refractivity (Wildman–Crippen MR) is 32.5 cm³/mol. The first kappa shape index (κ1) is 6.98. The molecule has 0 aromatic rings. The number of ketones is 1. The van der Waals surface area contributed by atoms with E-state index in [2.05, 4.69) is 12.6 Å². The third kappa shape index (κ3) is 2.65. The molecule has 0 saturated heterocycles. The average Bonchev–Trinajstić information content (AvgIpc) is 1.65. The lowest BCUT2D eigenvalue weighted by Gasteiger charge is -1.96. The number of carbonyl (C=O) groups is 1. The molecule has 2 N–H and O–H groups in total. The Balaban J connectivity index is 3.35. The monoisotopic (exact) mass is 119 g/mol. The molecule has 0 saturated carbocycles. The molecule has 0 spiro atoms. The van der Waals surface area contributed by atoms with Crippen molar-refractivity contribution >= 4 is 18.4 Å². The van der Waals surface area contributed by atoms with Crippen molar-refractivity contribution in [1.29, 1.82) is 0 Å². The van der Waals surface area contributed by atoms with E-state index in [4.69, 9.17) is 5.73 Å². The molecular weight excluding hydrogens is 110 g/mol. The molecule has 0 aromatic carbocycles. The molecule has 0 aromatic heterocycles. The van der Waals surface area contributed by atoms with E-state index in [1.165, 1.54) is 0 Å². The Hall–Kier alpha value is -0.0200. The van der Waals surface area contributed by atoms with Gasteiger partial charge in [0.25, 0.3) is 0 Å². The van der Waals surface area contributed by atoms with E-state index in [0.717, 1.165) is 0 Å². The lowest BCUT2D eigenvalue weighted by atomic mass is 10.3. The summed E-state index contributed by atoms with van der Waals surface area (Å²) in [4.78, 5) is 10.3.